The van der Waals surface area contributed by atoms with Crippen LogP contribution in [0.25, 0.3) is 0 Å². The highest BCUT2D eigenvalue weighted by Crippen LogP contribution is 2.25. The summed E-state index contributed by atoms with van der Waals surface area (Å²) in [6.45, 7) is 7.48. The number of aromatic nitrogens is 2. The van der Waals surface area contributed by atoms with Gasteiger partial charge in [0.1, 0.15) is 11.4 Å². The van der Waals surface area contributed by atoms with Gasteiger partial charge in [0.2, 0.25) is 10.1 Å². The Kier molecular flexibility index (Phi) is 7.92. The number of hydrogen-bond donors (Lipinski definition) is 0. The zero-order valence-corrected chi connectivity index (χ0v) is 20.8. The van der Waals surface area contributed by atoms with Gasteiger partial charge in [-0.05, 0) is 45.0 Å². The molecule has 1 saturated heterocycles. The highest BCUT2D eigenvalue weighted by Gasteiger charge is 2.28. The van der Waals surface area contributed by atoms with E-state index in [1.54, 1.807) is 36.2 Å². The van der Waals surface area contributed by atoms with E-state index in [0.29, 0.717) is 42.7 Å². The van der Waals surface area contributed by atoms with Gasteiger partial charge in [0.25, 0.3) is 5.91 Å². The average Bonchev–Trinajstić information content (AvgIpc) is 3.31. The Balaban J connectivity index is 1.56. The van der Waals surface area contributed by atoms with Crippen LogP contribution in [0.1, 0.15) is 30.6 Å². The van der Waals surface area contributed by atoms with Gasteiger partial charge in [-0.25, -0.2) is 9.59 Å². The van der Waals surface area contributed by atoms with E-state index in [1.165, 1.54) is 23.3 Å². The number of carbonyl (C=O) groups is 3. The molecule has 0 N–H and O–H groups in total. The van der Waals surface area contributed by atoms with Gasteiger partial charge in [-0.3, -0.25) is 4.79 Å². The molecular weight excluding hydrogens is 462 g/mol. The van der Waals surface area contributed by atoms with Crippen LogP contribution in [-0.2, 0) is 14.3 Å². The fraction of sp³-hybridized carbons (Fsp3) is 0.500. The highest BCUT2D eigenvalue weighted by atomic mass is 32.1. The Bertz CT molecular complexity index is 1010. The molecule has 1 aliphatic heterocycles. The summed E-state index contributed by atoms with van der Waals surface area (Å²) in [5.41, 5.74) is 0.101. The van der Waals surface area contributed by atoms with E-state index >= 15 is 0 Å². The normalized spacial score (nSPS) is 13.9. The van der Waals surface area contributed by atoms with E-state index in [1.807, 2.05) is 25.7 Å². The van der Waals surface area contributed by atoms with Crippen LogP contribution < -0.4 is 14.5 Å². The molecule has 1 aromatic heterocycles. The molecule has 0 aliphatic carbocycles. The third kappa shape index (κ3) is 6.56. The van der Waals surface area contributed by atoms with Gasteiger partial charge in [-0.15, -0.1) is 10.2 Å². The highest BCUT2D eigenvalue weighted by molar-refractivity contribution is 7.17. The lowest BCUT2D eigenvalue weighted by molar-refractivity contribution is -0.142. The molecule has 1 aromatic carbocycles. The first-order valence-electron chi connectivity index (χ1n) is 10.7. The fourth-order valence-corrected chi connectivity index (χ4v) is 3.94. The third-order valence-electron chi connectivity index (χ3n) is 4.91. The van der Waals surface area contributed by atoms with Crippen LogP contribution in [0.15, 0.2) is 24.3 Å². The summed E-state index contributed by atoms with van der Waals surface area (Å²) < 4.78 is 15.3. The van der Waals surface area contributed by atoms with Crippen molar-refractivity contribution in [3.05, 3.63) is 29.3 Å². The molecule has 34 heavy (non-hydrogen) atoms. The molecule has 1 fully saturated rings. The van der Waals surface area contributed by atoms with Crippen LogP contribution in [-0.4, -0.2) is 85.6 Å². The van der Waals surface area contributed by atoms with Crippen molar-refractivity contribution < 1.29 is 28.6 Å². The van der Waals surface area contributed by atoms with Crippen LogP contribution in [0.2, 0.25) is 0 Å². The maximum atomic E-state index is 12.9. The van der Waals surface area contributed by atoms with Crippen LogP contribution in [0.3, 0.4) is 0 Å². The molecule has 2 amide bonds. The van der Waals surface area contributed by atoms with E-state index in [9.17, 15) is 14.4 Å². The van der Waals surface area contributed by atoms with E-state index in [-0.39, 0.29) is 23.6 Å². The first kappa shape index (κ1) is 25.2. The number of benzene rings is 1. The number of piperazine rings is 1. The van der Waals surface area contributed by atoms with Crippen LogP contribution in [0.4, 0.5) is 15.6 Å². The van der Waals surface area contributed by atoms with Gasteiger partial charge >= 0.3 is 12.1 Å². The number of rotatable bonds is 6. The van der Waals surface area contributed by atoms with E-state index < -0.39 is 11.6 Å². The number of anilines is 2. The lowest BCUT2D eigenvalue weighted by atomic mass is 10.2. The topological polar surface area (TPSA) is 114 Å². The Labute approximate surface area is 202 Å². The predicted molar refractivity (Wildman–Crippen MR) is 127 cm³/mol. The van der Waals surface area contributed by atoms with Gasteiger partial charge in [-0.2, -0.15) is 0 Å². The SMILES string of the molecule is COC(=O)COc1ccc(N(C)C(=O)c2nnc(N3CCN(C(=O)OC(C)(C)C)CC3)s2)cc1. The number of amides is 2. The second kappa shape index (κ2) is 10.7. The standard InChI is InChI=1S/C22H29N5O6S/c1-22(2,3)33-21(30)27-12-10-26(11-13-27)20-24-23-18(34-20)19(29)25(4)15-6-8-16(9-7-15)32-14-17(28)31-5/h6-9H,10-14H2,1-5H3. The number of ether oxygens (including phenoxy) is 3. The molecule has 0 spiro atoms. The lowest BCUT2D eigenvalue weighted by Crippen LogP contribution is -2.50. The quantitative estimate of drug-likeness (QED) is 0.562. The van der Waals surface area contributed by atoms with Crippen LogP contribution >= 0.6 is 11.3 Å². The van der Waals surface area contributed by atoms with E-state index in [4.69, 9.17) is 9.47 Å². The molecule has 0 atom stereocenters. The molecule has 0 radical (unpaired) electrons. The molecule has 0 unspecified atom stereocenters. The molecule has 184 valence electrons. The molecule has 11 nitrogen and oxygen atoms in total. The van der Waals surface area contributed by atoms with Gasteiger partial charge in [0.15, 0.2) is 6.61 Å². The largest absolute Gasteiger partial charge is 0.482 e. The Morgan fingerprint density at radius 3 is 2.29 bits per heavy atom. The number of hydrogen-bond acceptors (Lipinski definition) is 10. The van der Waals surface area contributed by atoms with E-state index in [0.717, 1.165) is 0 Å². The summed E-state index contributed by atoms with van der Waals surface area (Å²) in [6.07, 6.45) is -0.330. The van der Waals surface area contributed by atoms with Crippen molar-refractivity contribution in [3.8, 4) is 5.75 Å². The van der Waals surface area contributed by atoms with Crippen molar-refractivity contribution in [2.75, 3.05) is 56.7 Å². The summed E-state index contributed by atoms with van der Waals surface area (Å²) in [6, 6.07) is 6.75. The predicted octanol–water partition coefficient (Wildman–Crippen LogP) is 2.42. The summed E-state index contributed by atoms with van der Waals surface area (Å²) in [5.74, 6) is -0.284. The fourth-order valence-electron chi connectivity index (χ4n) is 3.06. The van der Waals surface area contributed by atoms with Gasteiger partial charge in [0, 0.05) is 38.9 Å². The summed E-state index contributed by atoms with van der Waals surface area (Å²) in [7, 11) is 2.94. The molecule has 0 saturated carbocycles. The van der Waals surface area contributed by atoms with Crippen molar-refractivity contribution in [3.63, 3.8) is 0 Å². The van der Waals surface area contributed by atoms with Crippen LogP contribution in [0, 0.1) is 0 Å². The monoisotopic (exact) mass is 491 g/mol. The zero-order valence-electron chi connectivity index (χ0n) is 19.9. The Hall–Kier alpha value is -3.41. The molecule has 1 aliphatic rings. The number of methoxy groups -OCH3 is 1. The minimum absolute atomic E-state index is 0.190. The maximum absolute atomic E-state index is 12.9. The molecule has 0 bridgehead atoms. The van der Waals surface area contributed by atoms with Crippen molar-refractivity contribution >= 4 is 40.1 Å². The van der Waals surface area contributed by atoms with Crippen LogP contribution in [0.5, 0.6) is 5.75 Å². The molecule has 2 aromatic rings. The second-order valence-corrected chi connectivity index (χ2v) is 9.52. The Morgan fingerprint density at radius 1 is 1.06 bits per heavy atom. The van der Waals surface area contributed by atoms with Gasteiger partial charge in [-0.1, -0.05) is 11.3 Å². The number of esters is 1. The second-order valence-electron chi connectivity index (χ2n) is 8.57. The summed E-state index contributed by atoms with van der Waals surface area (Å²) >= 11 is 1.21. The van der Waals surface area contributed by atoms with Crippen molar-refractivity contribution in [1.29, 1.82) is 0 Å². The van der Waals surface area contributed by atoms with Gasteiger partial charge in [0.05, 0.1) is 7.11 Å². The zero-order chi connectivity index (χ0) is 24.9. The number of carbonyl (C=O) groups excluding carboxylic acids is 3. The minimum atomic E-state index is -0.537. The average molecular weight is 492 g/mol. The van der Waals surface area contributed by atoms with Crippen molar-refractivity contribution in [2.24, 2.45) is 0 Å². The molecular formula is C22H29N5O6S. The van der Waals surface area contributed by atoms with Crippen molar-refractivity contribution in [1.82, 2.24) is 15.1 Å². The minimum Gasteiger partial charge on any atom is -0.482 e. The number of nitrogens with zero attached hydrogens (tertiary/aromatic N) is 5. The first-order valence-corrected chi connectivity index (χ1v) is 11.5. The Morgan fingerprint density at radius 2 is 1.71 bits per heavy atom. The lowest BCUT2D eigenvalue weighted by Gasteiger charge is -2.35. The van der Waals surface area contributed by atoms with Crippen molar-refractivity contribution in [2.45, 2.75) is 26.4 Å². The van der Waals surface area contributed by atoms with E-state index in [2.05, 4.69) is 14.9 Å². The summed E-state index contributed by atoms with van der Waals surface area (Å²) in [5, 5.41) is 9.14. The maximum Gasteiger partial charge on any atom is 0.410 e. The smallest absolute Gasteiger partial charge is 0.410 e. The first-order chi connectivity index (χ1) is 16.1. The molecule has 12 heteroatoms. The summed E-state index contributed by atoms with van der Waals surface area (Å²) in [4.78, 5) is 41.5. The molecule has 2 heterocycles. The van der Waals surface area contributed by atoms with Gasteiger partial charge < -0.3 is 28.9 Å². The third-order valence-corrected chi connectivity index (χ3v) is 5.88. The molecule has 3 rings (SSSR count).